The first kappa shape index (κ1) is 10.6. The number of amides is 1. The number of hydrogen-bond donors (Lipinski definition) is 1. The van der Waals surface area contributed by atoms with Crippen molar-refractivity contribution in [2.45, 2.75) is 12.0 Å². The van der Waals surface area contributed by atoms with Crippen LogP contribution in [0.1, 0.15) is 11.5 Å². The van der Waals surface area contributed by atoms with Crippen LogP contribution in [-0.4, -0.2) is 25.1 Å². The van der Waals surface area contributed by atoms with Crippen LogP contribution in [0.3, 0.4) is 0 Å². The molecule has 1 fully saturated rings. The number of rotatable bonds is 2. The smallest absolute Gasteiger partial charge is 0.254 e. The van der Waals surface area contributed by atoms with Crippen LogP contribution in [0, 0.1) is 0 Å². The van der Waals surface area contributed by atoms with Gasteiger partial charge in [0, 0.05) is 7.11 Å². The zero-order chi connectivity index (χ0) is 11.5. The molecule has 1 aromatic rings. The lowest BCUT2D eigenvalue weighted by Gasteiger charge is -2.14. The Morgan fingerprint density at radius 1 is 1.31 bits per heavy atom. The van der Waals surface area contributed by atoms with Crippen molar-refractivity contribution in [3.05, 3.63) is 41.6 Å². The van der Waals surface area contributed by atoms with E-state index in [4.69, 9.17) is 4.74 Å². The molecule has 0 aromatic heterocycles. The van der Waals surface area contributed by atoms with Crippen LogP contribution in [0.4, 0.5) is 0 Å². The third-order valence-corrected chi connectivity index (χ3v) is 2.65. The molecular weight excluding hydrogens is 206 g/mol. The van der Waals surface area contributed by atoms with E-state index < -0.39 is 6.10 Å². The molecular formula is C12H11NO3. The fraction of sp³-hybridized carbons (Fsp3) is 0.250. The quantitative estimate of drug-likeness (QED) is 0.739. The zero-order valence-electron chi connectivity index (χ0n) is 8.77. The Morgan fingerprint density at radius 3 is 2.56 bits per heavy atom. The van der Waals surface area contributed by atoms with Gasteiger partial charge in [-0.1, -0.05) is 30.3 Å². The van der Waals surface area contributed by atoms with E-state index in [9.17, 15) is 9.59 Å². The van der Waals surface area contributed by atoms with Crippen molar-refractivity contribution in [3.8, 4) is 0 Å². The summed E-state index contributed by atoms with van der Waals surface area (Å²) in [5, 5.41) is 2.48. The van der Waals surface area contributed by atoms with Crippen molar-refractivity contribution in [1.29, 1.82) is 0 Å². The first-order valence-electron chi connectivity index (χ1n) is 4.91. The van der Waals surface area contributed by atoms with E-state index in [0.717, 1.165) is 5.56 Å². The average molecular weight is 217 g/mol. The number of benzene rings is 1. The summed E-state index contributed by atoms with van der Waals surface area (Å²) in [5.74, 6) is 1.09. The minimum atomic E-state index is -0.654. The lowest BCUT2D eigenvalue weighted by atomic mass is 9.94. The van der Waals surface area contributed by atoms with Gasteiger partial charge in [0.2, 0.25) is 0 Å². The van der Waals surface area contributed by atoms with E-state index in [1.807, 2.05) is 30.3 Å². The van der Waals surface area contributed by atoms with E-state index in [1.54, 1.807) is 5.94 Å². The summed E-state index contributed by atoms with van der Waals surface area (Å²) in [6.45, 7) is 0. The minimum Gasteiger partial charge on any atom is -0.371 e. The maximum absolute atomic E-state index is 11.5. The van der Waals surface area contributed by atoms with Crippen molar-refractivity contribution < 1.29 is 14.3 Å². The molecule has 16 heavy (non-hydrogen) atoms. The lowest BCUT2D eigenvalue weighted by Crippen LogP contribution is -2.26. The number of methoxy groups -OCH3 is 1. The summed E-state index contributed by atoms with van der Waals surface area (Å²) >= 11 is 0. The second kappa shape index (κ2) is 4.31. The molecule has 2 unspecified atom stereocenters. The van der Waals surface area contributed by atoms with E-state index in [2.05, 4.69) is 5.32 Å². The van der Waals surface area contributed by atoms with Crippen LogP contribution in [0.25, 0.3) is 0 Å². The highest BCUT2D eigenvalue weighted by Crippen LogP contribution is 2.31. The maximum Gasteiger partial charge on any atom is 0.254 e. The molecule has 2 rings (SSSR count). The molecule has 0 saturated carbocycles. The van der Waals surface area contributed by atoms with Crippen molar-refractivity contribution >= 4 is 11.8 Å². The molecule has 1 saturated heterocycles. The second-order valence-electron chi connectivity index (χ2n) is 3.55. The van der Waals surface area contributed by atoms with Gasteiger partial charge in [-0.25, -0.2) is 4.79 Å². The predicted molar refractivity (Wildman–Crippen MR) is 57.3 cm³/mol. The van der Waals surface area contributed by atoms with Gasteiger partial charge in [-0.2, -0.15) is 0 Å². The molecule has 4 heteroatoms. The normalized spacial score (nSPS) is 24.1. The van der Waals surface area contributed by atoms with Crippen molar-refractivity contribution in [1.82, 2.24) is 5.32 Å². The number of hydrogen-bond acceptors (Lipinski definition) is 3. The van der Waals surface area contributed by atoms with Gasteiger partial charge in [-0.15, -0.1) is 0 Å². The SMILES string of the molecule is COC1C(=O)NC(=C=O)C1c1ccccc1. The lowest BCUT2D eigenvalue weighted by molar-refractivity contribution is -0.127. The van der Waals surface area contributed by atoms with Gasteiger partial charge in [0.05, 0.1) is 5.92 Å². The Balaban J connectivity index is 2.44. The Hall–Kier alpha value is -1.90. The number of nitrogens with one attached hydrogen (secondary N) is 1. The fourth-order valence-corrected chi connectivity index (χ4v) is 1.92. The first-order valence-corrected chi connectivity index (χ1v) is 4.91. The molecule has 82 valence electrons. The van der Waals surface area contributed by atoms with Crippen molar-refractivity contribution in [2.75, 3.05) is 7.11 Å². The summed E-state index contributed by atoms with van der Waals surface area (Å²) in [6, 6.07) is 9.29. The van der Waals surface area contributed by atoms with Crippen molar-refractivity contribution in [3.63, 3.8) is 0 Å². The summed E-state index contributed by atoms with van der Waals surface area (Å²) in [4.78, 5) is 22.3. The second-order valence-corrected chi connectivity index (χ2v) is 3.55. The third-order valence-electron chi connectivity index (χ3n) is 2.65. The maximum atomic E-state index is 11.5. The summed E-state index contributed by atoms with van der Waals surface area (Å²) in [5.41, 5.74) is 1.11. The Kier molecular flexibility index (Phi) is 2.86. The van der Waals surface area contributed by atoms with E-state index in [1.165, 1.54) is 7.11 Å². The van der Waals surface area contributed by atoms with Gasteiger partial charge < -0.3 is 10.1 Å². The molecule has 1 amide bonds. The molecule has 1 aromatic carbocycles. The van der Waals surface area contributed by atoms with Crippen LogP contribution in [0.2, 0.25) is 0 Å². The van der Waals surface area contributed by atoms with Gasteiger partial charge in [0.25, 0.3) is 5.91 Å². The zero-order valence-corrected chi connectivity index (χ0v) is 8.77. The van der Waals surface area contributed by atoms with Gasteiger partial charge in [-0.05, 0) is 5.56 Å². The molecule has 4 nitrogen and oxygen atoms in total. The van der Waals surface area contributed by atoms with Crippen LogP contribution >= 0.6 is 0 Å². The molecule has 0 bridgehead atoms. The van der Waals surface area contributed by atoms with Gasteiger partial charge in [0.15, 0.2) is 0 Å². The molecule has 0 aliphatic carbocycles. The van der Waals surface area contributed by atoms with Crippen LogP contribution in [-0.2, 0) is 14.3 Å². The van der Waals surface area contributed by atoms with E-state index in [0.29, 0.717) is 0 Å². The molecule has 1 N–H and O–H groups in total. The van der Waals surface area contributed by atoms with E-state index in [-0.39, 0.29) is 17.5 Å². The summed E-state index contributed by atoms with van der Waals surface area (Å²) in [6.07, 6.45) is -0.654. The van der Waals surface area contributed by atoms with Crippen molar-refractivity contribution in [2.24, 2.45) is 0 Å². The molecule has 1 heterocycles. The van der Waals surface area contributed by atoms with Gasteiger partial charge in [-0.3, -0.25) is 4.79 Å². The highest BCUT2D eigenvalue weighted by molar-refractivity contribution is 5.91. The molecule has 0 radical (unpaired) electrons. The minimum absolute atomic E-state index is 0.239. The Bertz CT molecular complexity index is 449. The third kappa shape index (κ3) is 1.65. The number of ether oxygens (including phenoxy) is 1. The predicted octanol–water partition coefficient (Wildman–Crippen LogP) is 0.630. The number of carbonyl (C=O) groups is 1. The monoisotopic (exact) mass is 217 g/mol. The summed E-state index contributed by atoms with van der Waals surface area (Å²) in [7, 11) is 1.45. The average Bonchev–Trinajstić information content (AvgIpc) is 2.66. The first-order chi connectivity index (χ1) is 7.77. The van der Waals surface area contributed by atoms with Crippen LogP contribution < -0.4 is 5.32 Å². The van der Waals surface area contributed by atoms with E-state index >= 15 is 0 Å². The van der Waals surface area contributed by atoms with Gasteiger partial charge in [0.1, 0.15) is 17.7 Å². The highest BCUT2D eigenvalue weighted by atomic mass is 16.5. The summed E-state index contributed by atoms with van der Waals surface area (Å²) < 4.78 is 5.11. The topological polar surface area (TPSA) is 55.4 Å². The molecule has 0 spiro atoms. The largest absolute Gasteiger partial charge is 0.371 e. The van der Waals surface area contributed by atoms with Gasteiger partial charge >= 0.3 is 0 Å². The fourth-order valence-electron chi connectivity index (χ4n) is 1.92. The molecule has 2 atom stereocenters. The Morgan fingerprint density at radius 2 is 2.00 bits per heavy atom. The number of carbonyl (C=O) groups excluding carboxylic acids is 2. The van der Waals surface area contributed by atoms with Crippen LogP contribution in [0.15, 0.2) is 36.0 Å². The Labute approximate surface area is 92.9 Å². The highest BCUT2D eigenvalue weighted by Gasteiger charge is 2.40. The van der Waals surface area contributed by atoms with Crippen LogP contribution in [0.5, 0.6) is 0 Å². The standard InChI is InChI=1S/C12H11NO3/c1-16-11-10(8-5-3-2-4-6-8)9(7-14)13-12(11)15/h2-6,10-11H,1H3,(H,13,15). The molecule has 1 aliphatic rings. The molecule has 1 aliphatic heterocycles.